The summed E-state index contributed by atoms with van der Waals surface area (Å²) >= 11 is 4.87. The molecule has 0 fully saturated rings. The van der Waals surface area contributed by atoms with Crippen molar-refractivity contribution < 1.29 is 0 Å². The van der Waals surface area contributed by atoms with Gasteiger partial charge in [0.1, 0.15) is 5.54 Å². The molecule has 0 amide bonds. The van der Waals surface area contributed by atoms with Gasteiger partial charge in [0, 0.05) is 17.1 Å². The average Bonchev–Trinajstić information content (AvgIpc) is 2.15. The second-order valence-corrected chi connectivity index (χ2v) is 6.02. The van der Waals surface area contributed by atoms with Gasteiger partial charge < -0.3 is 5.73 Å². The molecule has 2 N–H and O–H groups in total. The summed E-state index contributed by atoms with van der Waals surface area (Å²) in [6, 6.07) is 3.87. The van der Waals surface area contributed by atoms with Crippen molar-refractivity contribution in [3.63, 3.8) is 0 Å². The highest BCUT2D eigenvalue weighted by Crippen LogP contribution is 2.39. The molecule has 0 bridgehead atoms. The van der Waals surface area contributed by atoms with Gasteiger partial charge in [0.05, 0.1) is 5.69 Å². The highest BCUT2D eigenvalue weighted by molar-refractivity contribution is 9.10. The smallest absolute Gasteiger partial charge is 0.159 e. The van der Waals surface area contributed by atoms with E-state index in [-0.39, 0.29) is 0 Å². The Hall–Kier alpha value is -0.810. The van der Waals surface area contributed by atoms with E-state index in [1.54, 1.807) is 6.20 Å². The van der Waals surface area contributed by atoms with E-state index in [0.29, 0.717) is 5.17 Å². The van der Waals surface area contributed by atoms with Crippen molar-refractivity contribution in [1.29, 1.82) is 0 Å². The van der Waals surface area contributed by atoms with Crippen LogP contribution in [0.4, 0.5) is 0 Å². The molecule has 1 aliphatic rings. The van der Waals surface area contributed by atoms with Gasteiger partial charge in [-0.1, -0.05) is 34.3 Å². The Morgan fingerprint density at radius 1 is 1.62 bits per heavy atom. The summed E-state index contributed by atoms with van der Waals surface area (Å²) in [5, 5.41) is 0.556. The van der Waals surface area contributed by atoms with Crippen molar-refractivity contribution >= 4 is 32.9 Å². The van der Waals surface area contributed by atoms with Crippen molar-refractivity contribution in [2.24, 2.45) is 10.7 Å². The van der Waals surface area contributed by atoms with Crippen LogP contribution in [0.1, 0.15) is 19.0 Å². The Morgan fingerprint density at radius 3 is 3.00 bits per heavy atom. The number of thioether (sulfide) groups is 1. The summed E-state index contributed by atoms with van der Waals surface area (Å²) in [7, 11) is 0. The van der Waals surface area contributed by atoms with E-state index in [9.17, 15) is 0 Å². The molecule has 2 heterocycles. The minimum absolute atomic E-state index is 0.393. The number of aromatic nitrogens is 1. The third kappa shape index (κ3) is 2.30. The molecule has 3 nitrogen and oxygen atoms in total. The number of nitrogens with two attached hydrogens (primary N) is 1. The van der Waals surface area contributed by atoms with Gasteiger partial charge in [0.25, 0.3) is 0 Å². The monoisotopic (exact) mass is 297 g/mol. The number of amidine groups is 1. The van der Waals surface area contributed by atoms with Crippen LogP contribution in [0.25, 0.3) is 0 Å². The summed E-state index contributed by atoms with van der Waals surface area (Å²) in [6.07, 6.45) is 2.53. The minimum Gasteiger partial charge on any atom is -0.378 e. The van der Waals surface area contributed by atoms with E-state index in [2.05, 4.69) is 32.5 Å². The largest absolute Gasteiger partial charge is 0.378 e. The Morgan fingerprint density at radius 2 is 2.38 bits per heavy atom. The molecule has 1 aromatic rings. The normalized spacial score (nSPS) is 25.4. The van der Waals surface area contributed by atoms with E-state index in [1.165, 1.54) is 11.8 Å². The first-order valence-corrected chi connectivity index (χ1v) is 6.43. The van der Waals surface area contributed by atoms with Gasteiger partial charge in [0.2, 0.25) is 0 Å². The lowest BCUT2D eigenvalue weighted by atomic mass is 9.93. The van der Waals surface area contributed by atoms with Crippen molar-refractivity contribution in [2.75, 3.05) is 0 Å². The zero-order chi connectivity index (χ0) is 11.8. The van der Waals surface area contributed by atoms with Crippen LogP contribution < -0.4 is 5.73 Å². The molecule has 84 valence electrons. The Balaban J connectivity index is 2.46. The lowest BCUT2D eigenvalue weighted by Crippen LogP contribution is -2.28. The maximum atomic E-state index is 5.79. The van der Waals surface area contributed by atoms with E-state index >= 15 is 0 Å². The quantitative estimate of drug-likeness (QED) is 0.867. The van der Waals surface area contributed by atoms with Gasteiger partial charge >= 0.3 is 0 Å². The van der Waals surface area contributed by atoms with E-state index in [1.807, 2.05) is 19.1 Å². The second-order valence-electron chi connectivity index (χ2n) is 3.90. The van der Waals surface area contributed by atoms with Gasteiger partial charge in [-0.15, -0.1) is 0 Å². The molecule has 0 saturated heterocycles. The molecular weight excluding hydrogens is 286 g/mol. The SMILES string of the molecule is C=C1C[C@@](C)(c2cc(Br)ccn2)N=C(N)S1. The van der Waals surface area contributed by atoms with Crippen LogP contribution in [-0.2, 0) is 5.54 Å². The number of hydrogen-bond donors (Lipinski definition) is 1. The fraction of sp³-hybridized carbons (Fsp3) is 0.273. The highest BCUT2D eigenvalue weighted by Gasteiger charge is 2.32. The maximum absolute atomic E-state index is 5.79. The average molecular weight is 298 g/mol. The molecule has 0 unspecified atom stereocenters. The minimum atomic E-state index is -0.393. The summed E-state index contributed by atoms with van der Waals surface area (Å²) < 4.78 is 0.997. The van der Waals surface area contributed by atoms with Gasteiger partial charge in [-0.05, 0) is 24.0 Å². The van der Waals surface area contributed by atoms with Gasteiger partial charge in [-0.25, -0.2) is 4.99 Å². The van der Waals surface area contributed by atoms with Crippen molar-refractivity contribution in [1.82, 2.24) is 4.98 Å². The number of nitrogens with zero attached hydrogens (tertiary/aromatic N) is 2. The number of hydrogen-bond acceptors (Lipinski definition) is 4. The fourth-order valence-electron chi connectivity index (χ4n) is 1.72. The zero-order valence-electron chi connectivity index (χ0n) is 8.90. The summed E-state index contributed by atoms with van der Waals surface area (Å²) in [4.78, 5) is 9.87. The predicted octanol–water partition coefficient (Wildman–Crippen LogP) is 3.02. The molecule has 1 aliphatic heterocycles. The van der Waals surface area contributed by atoms with Crippen molar-refractivity contribution in [3.8, 4) is 0 Å². The molecule has 16 heavy (non-hydrogen) atoms. The molecule has 5 heteroatoms. The Bertz CT molecular complexity index is 472. The molecule has 1 atom stereocenters. The number of rotatable bonds is 1. The first-order chi connectivity index (χ1) is 7.49. The van der Waals surface area contributed by atoms with Gasteiger partial charge in [-0.2, -0.15) is 0 Å². The topological polar surface area (TPSA) is 51.3 Å². The van der Waals surface area contributed by atoms with Crippen LogP contribution in [0.15, 0.2) is 39.3 Å². The number of halogens is 1. The standard InChI is InChI=1S/C11H12BrN3S/c1-7-6-11(2,15-10(13)16-7)9-5-8(12)3-4-14-9/h3-5H,1,6H2,2H3,(H2,13,15)/t11-/m0/s1. The fourth-order valence-corrected chi connectivity index (χ4v) is 2.95. The molecular formula is C11H12BrN3S. The molecule has 0 saturated carbocycles. The molecule has 0 radical (unpaired) electrons. The van der Waals surface area contributed by atoms with Crippen molar-refractivity contribution in [3.05, 3.63) is 40.0 Å². The first kappa shape index (κ1) is 11.7. The van der Waals surface area contributed by atoms with E-state index in [0.717, 1.165) is 21.5 Å². The Labute approximate surface area is 107 Å². The van der Waals surface area contributed by atoms with E-state index in [4.69, 9.17) is 5.73 Å². The molecule has 2 rings (SSSR count). The lowest BCUT2D eigenvalue weighted by molar-refractivity contribution is 0.485. The maximum Gasteiger partial charge on any atom is 0.159 e. The predicted molar refractivity (Wildman–Crippen MR) is 72.3 cm³/mol. The molecule has 0 spiro atoms. The van der Waals surface area contributed by atoms with Crippen LogP contribution in [-0.4, -0.2) is 10.2 Å². The second kappa shape index (κ2) is 4.22. The van der Waals surface area contributed by atoms with Crippen LogP contribution >= 0.6 is 27.7 Å². The highest BCUT2D eigenvalue weighted by atomic mass is 79.9. The van der Waals surface area contributed by atoms with Gasteiger partial charge in [-0.3, -0.25) is 4.98 Å². The van der Waals surface area contributed by atoms with Crippen molar-refractivity contribution in [2.45, 2.75) is 18.9 Å². The summed E-state index contributed by atoms with van der Waals surface area (Å²) in [5.74, 6) is 0. The van der Waals surface area contributed by atoms with Crippen LogP contribution in [0, 0.1) is 0 Å². The molecule has 0 aromatic carbocycles. The first-order valence-electron chi connectivity index (χ1n) is 4.82. The molecule has 0 aliphatic carbocycles. The van der Waals surface area contributed by atoms with Crippen LogP contribution in [0.2, 0.25) is 0 Å². The lowest BCUT2D eigenvalue weighted by Gasteiger charge is -2.29. The van der Waals surface area contributed by atoms with E-state index < -0.39 is 5.54 Å². The number of pyridine rings is 1. The zero-order valence-corrected chi connectivity index (χ0v) is 11.3. The third-order valence-corrected chi connectivity index (χ3v) is 3.65. The number of aliphatic imine (C=N–C) groups is 1. The Kier molecular flexibility index (Phi) is 3.08. The third-order valence-electron chi connectivity index (χ3n) is 2.42. The van der Waals surface area contributed by atoms with Crippen LogP contribution in [0.3, 0.4) is 0 Å². The van der Waals surface area contributed by atoms with Gasteiger partial charge in [0.15, 0.2) is 5.17 Å². The molecule has 1 aromatic heterocycles. The van der Waals surface area contributed by atoms with Crippen LogP contribution in [0.5, 0.6) is 0 Å². The summed E-state index contributed by atoms with van der Waals surface area (Å²) in [6.45, 7) is 6.00. The summed E-state index contributed by atoms with van der Waals surface area (Å²) in [5.41, 5.74) is 6.30.